The monoisotopic (exact) mass is 243 g/mol. The lowest BCUT2D eigenvalue weighted by molar-refractivity contribution is -0.138. The molecule has 0 fully saturated rings. The molecule has 0 heterocycles. The Hall–Kier alpha value is -1.08. The molecule has 0 radical (unpaired) electrons. The molecule has 1 rings (SSSR count). The number of nitrogens with two attached hydrogens (primary N) is 1. The first-order valence-corrected chi connectivity index (χ1v) is 4.92. The van der Waals surface area contributed by atoms with E-state index < -0.39 is 19.1 Å². The molecule has 7 heteroatoms. The van der Waals surface area contributed by atoms with E-state index in [2.05, 4.69) is 0 Å². The molecule has 16 heavy (non-hydrogen) atoms. The van der Waals surface area contributed by atoms with Gasteiger partial charge in [-0.15, -0.1) is 0 Å². The van der Waals surface area contributed by atoms with Gasteiger partial charge < -0.3 is 20.9 Å². The van der Waals surface area contributed by atoms with Crippen molar-refractivity contribution in [2.45, 2.75) is 12.5 Å². The first-order valence-electron chi connectivity index (χ1n) is 4.54. The molecule has 1 atom stereocenters. The van der Waals surface area contributed by atoms with E-state index in [-0.39, 0.29) is 11.9 Å². The van der Waals surface area contributed by atoms with E-state index in [1.165, 1.54) is 18.2 Å². The summed E-state index contributed by atoms with van der Waals surface area (Å²) in [4.78, 5) is 10.6. The number of hydrogen-bond acceptors (Lipinski definition) is 4. The first-order chi connectivity index (χ1) is 7.41. The molecular weight excluding hydrogens is 232 g/mol. The third-order valence-corrected chi connectivity index (χ3v) is 2.49. The zero-order valence-corrected chi connectivity index (χ0v) is 9.05. The van der Waals surface area contributed by atoms with E-state index in [1.807, 2.05) is 0 Å². The van der Waals surface area contributed by atoms with Crippen LogP contribution in [0.2, 0.25) is 5.02 Å². The molecule has 0 aliphatic rings. The van der Waals surface area contributed by atoms with Crippen LogP contribution >= 0.6 is 11.6 Å². The summed E-state index contributed by atoms with van der Waals surface area (Å²) in [6.07, 6.45) is 0.0364. The fourth-order valence-electron chi connectivity index (χ4n) is 1.24. The highest BCUT2D eigenvalue weighted by molar-refractivity contribution is 6.58. The minimum Gasteiger partial charge on any atom is -0.480 e. The molecule has 0 aliphatic heterocycles. The number of carboxylic acids is 1. The Balaban J connectivity index is 2.94. The van der Waals surface area contributed by atoms with Crippen LogP contribution in [0.15, 0.2) is 18.2 Å². The highest BCUT2D eigenvalue weighted by Crippen LogP contribution is 2.15. The summed E-state index contributed by atoms with van der Waals surface area (Å²) in [6, 6.07) is 3.28. The van der Waals surface area contributed by atoms with Crippen molar-refractivity contribution in [1.29, 1.82) is 0 Å². The lowest BCUT2D eigenvalue weighted by Crippen LogP contribution is -2.34. The molecule has 5 N–H and O–H groups in total. The van der Waals surface area contributed by atoms with Crippen molar-refractivity contribution in [1.82, 2.24) is 0 Å². The number of carbonyl (C=O) groups is 1. The van der Waals surface area contributed by atoms with Gasteiger partial charge >= 0.3 is 13.1 Å². The maximum absolute atomic E-state index is 10.6. The number of aliphatic carboxylic acids is 1. The number of hydrogen-bond donors (Lipinski definition) is 4. The second kappa shape index (κ2) is 5.31. The first kappa shape index (κ1) is 13.0. The van der Waals surface area contributed by atoms with Gasteiger partial charge in [-0.3, -0.25) is 4.79 Å². The zero-order chi connectivity index (χ0) is 12.3. The molecule has 86 valence electrons. The van der Waals surface area contributed by atoms with Crippen LogP contribution in [-0.2, 0) is 11.2 Å². The van der Waals surface area contributed by atoms with E-state index in [9.17, 15) is 4.79 Å². The van der Waals surface area contributed by atoms with Crippen molar-refractivity contribution in [3.63, 3.8) is 0 Å². The van der Waals surface area contributed by atoms with Gasteiger partial charge in [0.2, 0.25) is 0 Å². The summed E-state index contributed by atoms with van der Waals surface area (Å²) in [5.41, 5.74) is 6.08. The lowest BCUT2D eigenvalue weighted by Gasteiger charge is -2.10. The molecule has 0 aliphatic carbocycles. The van der Waals surface area contributed by atoms with Gasteiger partial charge in [-0.25, -0.2) is 0 Å². The average molecular weight is 243 g/mol. The zero-order valence-electron chi connectivity index (χ0n) is 8.30. The Morgan fingerprint density at radius 1 is 1.50 bits per heavy atom. The van der Waals surface area contributed by atoms with Gasteiger partial charge in [0, 0.05) is 5.02 Å². The third-order valence-electron chi connectivity index (χ3n) is 2.12. The maximum Gasteiger partial charge on any atom is 0.488 e. The summed E-state index contributed by atoms with van der Waals surface area (Å²) >= 11 is 5.84. The molecule has 0 saturated heterocycles. The van der Waals surface area contributed by atoms with Crippen molar-refractivity contribution < 1.29 is 19.9 Å². The highest BCUT2D eigenvalue weighted by Gasteiger charge is 2.17. The topological polar surface area (TPSA) is 104 Å². The van der Waals surface area contributed by atoms with Crippen LogP contribution < -0.4 is 11.2 Å². The van der Waals surface area contributed by atoms with E-state index in [0.29, 0.717) is 10.6 Å². The van der Waals surface area contributed by atoms with Gasteiger partial charge in [-0.1, -0.05) is 23.7 Å². The van der Waals surface area contributed by atoms with Crippen LogP contribution in [0, 0.1) is 0 Å². The molecule has 5 nitrogen and oxygen atoms in total. The van der Waals surface area contributed by atoms with Gasteiger partial charge in [0.15, 0.2) is 0 Å². The predicted molar refractivity (Wildman–Crippen MR) is 60.6 cm³/mol. The smallest absolute Gasteiger partial charge is 0.480 e. The lowest BCUT2D eigenvalue weighted by atomic mass is 9.79. The van der Waals surface area contributed by atoms with Crippen LogP contribution in [0.1, 0.15) is 5.56 Å². The average Bonchev–Trinajstić information content (AvgIpc) is 2.20. The second-order valence-electron chi connectivity index (χ2n) is 3.37. The molecule has 1 aromatic carbocycles. The maximum atomic E-state index is 10.6. The van der Waals surface area contributed by atoms with E-state index >= 15 is 0 Å². The van der Waals surface area contributed by atoms with Crippen molar-refractivity contribution >= 4 is 30.2 Å². The largest absolute Gasteiger partial charge is 0.488 e. The van der Waals surface area contributed by atoms with Crippen LogP contribution in [0.4, 0.5) is 0 Å². The summed E-state index contributed by atoms with van der Waals surface area (Å²) in [6.45, 7) is 0. The Morgan fingerprint density at radius 3 is 2.62 bits per heavy atom. The normalized spacial score (nSPS) is 12.2. The quantitative estimate of drug-likeness (QED) is 0.507. The van der Waals surface area contributed by atoms with Gasteiger partial charge in [0.05, 0.1) is 0 Å². The van der Waals surface area contributed by atoms with Crippen molar-refractivity contribution in [3.05, 3.63) is 28.8 Å². The standard InChI is InChI=1S/C9H11BClNO4/c11-7-2-1-6(10(15)16)3-5(7)4-8(12)9(13)14/h1-3,8,15-16H,4,12H2,(H,13,14)/t8-/m0/s1. The summed E-state index contributed by atoms with van der Waals surface area (Å²) < 4.78 is 0. The fourth-order valence-corrected chi connectivity index (χ4v) is 1.43. The van der Waals surface area contributed by atoms with Gasteiger partial charge in [-0.05, 0) is 23.5 Å². The molecule has 0 bridgehead atoms. The van der Waals surface area contributed by atoms with E-state index in [0.717, 1.165) is 0 Å². The van der Waals surface area contributed by atoms with Crippen molar-refractivity contribution in [2.24, 2.45) is 5.73 Å². The van der Waals surface area contributed by atoms with Crippen LogP contribution in [0.3, 0.4) is 0 Å². The SMILES string of the molecule is N[C@@H](Cc1cc(B(O)O)ccc1Cl)C(=O)O. The second-order valence-corrected chi connectivity index (χ2v) is 3.78. The molecule has 0 saturated carbocycles. The third kappa shape index (κ3) is 3.21. The Labute approximate surface area is 97.6 Å². The summed E-state index contributed by atoms with van der Waals surface area (Å²) in [7, 11) is -1.61. The fraction of sp³-hybridized carbons (Fsp3) is 0.222. The van der Waals surface area contributed by atoms with Crippen LogP contribution in [0.25, 0.3) is 0 Å². The minimum atomic E-state index is -1.61. The summed E-state index contributed by atoms with van der Waals surface area (Å²) in [5, 5.41) is 26.9. The number of benzene rings is 1. The van der Waals surface area contributed by atoms with Crippen molar-refractivity contribution in [2.75, 3.05) is 0 Å². The number of carboxylic acid groups (broad SMARTS) is 1. The van der Waals surface area contributed by atoms with Gasteiger partial charge in [0.25, 0.3) is 0 Å². The molecule has 0 spiro atoms. The van der Waals surface area contributed by atoms with Crippen LogP contribution in [0.5, 0.6) is 0 Å². The number of halogens is 1. The molecule has 0 unspecified atom stereocenters. The Morgan fingerprint density at radius 2 is 2.12 bits per heavy atom. The molecule has 1 aromatic rings. The van der Waals surface area contributed by atoms with Gasteiger partial charge in [0.1, 0.15) is 6.04 Å². The highest BCUT2D eigenvalue weighted by atomic mass is 35.5. The van der Waals surface area contributed by atoms with E-state index in [4.69, 9.17) is 32.5 Å². The Bertz CT molecular complexity index is 399. The molecule has 0 aromatic heterocycles. The number of rotatable bonds is 4. The molecule has 0 amide bonds. The summed E-state index contributed by atoms with van der Waals surface area (Å²) in [5.74, 6) is -1.13. The predicted octanol–water partition coefficient (Wildman–Crippen LogP) is -1.03. The van der Waals surface area contributed by atoms with Gasteiger partial charge in [-0.2, -0.15) is 0 Å². The molecular formula is C9H11BClNO4. The van der Waals surface area contributed by atoms with Crippen molar-refractivity contribution in [3.8, 4) is 0 Å². The minimum absolute atomic E-state index is 0.0364. The van der Waals surface area contributed by atoms with E-state index in [1.54, 1.807) is 0 Å². The Kier molecular flexibility index (Phi) is 4.31. The van der Waals surface area contributed by atoms with Crippen LogP contribution in [-0.4, -0.2) is 34.3 Å².